The van der Waals surface area contributed by atoms with Gasteiger partial charge in [0.1, 0.15) is 23.3 Å². The van der Waals surface area contributed by atoms with Crippen LogP contribution in [0.2, 0.25) is 0 Å². The fraction of sp³-hybridized carbons (Fsp3) is 0.167. The molecule has 1 aliphatic rings. The van der Waals surface area contributed by atoms with Gasteiger partial charge in [-0.1, -0.05) is 6.07 Å². The van der Waals surface area contributed by atoms with Crippen molar-refractivity contribution in [1.82, 2.24) is 0 Å². The van der Waals surface area contributed by atoms with Crippen LogP contribution in [0.25, 0.3) is 0 Å². The molecule has 3 N–H and O–H groups in total. The van der Waals surface area contributed by atoms with Crippen molar-refractivity contribution in [2.45, 2.75) is 12.5 Å². The van der Waals surface area contributed by atoms with Gasteiger partial charge in [-0.15, -0.1) is 0 Å². The van der Waals surface area contributed by atoms with Gasteiger partial charge in [0.05, 0.1) is 12.8 Å². The van der Waals surface area contributed by atoms with Crippen molar-refractivity contribution in [3.63, 3.8) is 0 Å². The maximum absolute atomic E-state index is 13.1. The maximum atomic E-state index is 13.1. The monoisotopic (exact) mass is 356 g/mol. The molecule has 2 amide bonds. The van der Waals surface area contributed by atoms with Gasteiger partial charge in [-0.3, -0.25) is 14.6 Å². The first-order valence-corrected chi connectivity index (χ1v) is 7.85. The first kappa shape index (κ1) is 17.4. The molecule has 0 bridgehead atoms. The second-order valence-corrected chi connectivity index (χ2v) is 5.68. The molecule has 2 aromatic carbocycles. The van der Waals surface area contributed by atoms with Crippen LogP contribution in [0, 0.1) is 5.82 Å². The minimum atomic E-state index is -0.813. The quantitative estimate of drug-likeness (QED) is 0.855. The van der Waals surface area contributed by atoms with Gasteiger partial charge in [0.2, 0.25) is 5.91 Å². The molecule has 2 aromatic rings. The van der Waals surface area contributed by atoms with E-state index >= 15 is 0 Å². The SMILES string of the molecule is COc1cccc(NC(=O)C2=NN(c3ccc(F)cc3)C(C(N)=O)C2)c1. The van der Waals surface area contributed by atoms with E-state index in [4.69, 9.17) is 10.5 Å². The highest BCUT2D eigenvalue weighted by Gasteiger charge is 2.35. The number of ether oxygens (including phenoxy) is 1. The Morgan fingerprint density at radius 2 is 2.00 bits per heavy atom. The lowest BCUT2D eigenvalue weighted by Gasteiger charge is -2.20. The van der Waals surface area contributed by atoms with Crippen LogP contribution in [-0.4, -0.2) is 30.7 Å². The number of hydrazone groups is 1. The molecular formula is C18H17FN4O3. The number of methoxy groups -OCH3 is 1. The number of halogens is 1. The molecule has 7 nitrogen and oxygen atoms in total. The summed E-state index contributed by atoms with van der Waals surface area (Å²) in [5, 5.41) is 8.26. The van der Waals surface area contributed by atoms with Gasteiger partial charge in [0, 0.05) is 18.2 Å². The number of hydrogen-bond acceptors (Lipinski definition) is 5. The second kappa shape index (κ2) is 7.22. The Balaban J connectivity index is 1.82. The number of nitrogens with two attached hydrogens (primary N) is 1. The summed E-state index contributed by atoms with van der Waals surface area (Å²) in [6.07, 6.45) is 0.0580. The van der Waals surface area contributed by atoms with Crippen LogP contribution < -0.4 is 20.8 Å². The summed E-state index contributed by atoms with van der Waals surface area (Å²) in [6, 6.07) is 11.5. The van der Waals surface area contributed by atoms with Crippen molar-refractivity contribution >= 4 is 28.9 Å². The number of anilines is 2. The fourth-order valence-corrected chi connectivity index (χ4v) is 2.60. The molecule has 1 unspecified atom stereocenters. The normalized spacial score (nSPS) is 16.2. The summed E-state index contributed by atoms with van der Waals surface area (Å²) >= 11 is 0. The molecule has 1 heterocycles. The van der Waals surface area contributed by atoms with E-state index in [9.17, 15) is 14.0 Å². The number of hydrogen-bond donors (Lipinski definition) is 2. The third kappa shape index (κ3) is 3.64. The van der Waals surface area contributed by atoms with Gasteiger partial charge in [0.25, 0.3) is 5.91 Å². The number of carbonyl (C=O) groups is 2. The molecule has 0 saturated carbocycles. The number of benzene rings is 2. The molecule has 0 fully saturated rings. The molecule has 0 radical (unpaired) electrons. The number of nitrogens with zero attached hydrogens (tertiary/aromatic N) is 2. The third-order valence-corrected chi connectivity index (χ3v) is 3.92. The molecule has 8 heteroatoms. The molecule has 1 atom stereocenters. The van der Waals surface area contributed by atoms with E-state index in [1.807, 2.05) is 0 Å². The van der Waals surface area contributed by atoms with Gasteiger partial charge < -0.3 is 15.8 Å². The lowest BCUT2D eigenvalue weighted by Crippen LogP contribution is -2.39. The van der Waals surface area contributed by atoms with E-state index in [1.54, 1.807) is 24.3 Å². The van der Waals surface area contributed by atoms with Crippen molar-refractivity contribution in [2.75, 3.05) is 17.4 Å². The molecule has 0 aliphatic carbocycles. The molecular weight excluding hydrogens is 339 g/mol. The Labute approximate surface area is 149 Å². The summed E-state index contributed by atoms with van der Waals surface area (Å²) in [6.45, 7) is 0. The van der Waals surface area contributed by atoms with E-state index in [1.165, 1.54) is 36.4 Å². The Kier molecular flexibility index (Phi) is 4.83. The highest BCUT2D eigenvalue weighted by molar-refractivity contribution is 6.44. The maximum Gasteiger partial charge on any atom is 0.271 e. The third-order valence-electron chi connectivity index (χ3n) is 3.92. The summed E-state index contributed by atoms with van der Waals surface area (Å²) in [4.78, 5) is 24.2. The van der Waals surface area contributed by atoms with E-state index in [0.29, 0.717) is 17.1 Å². The topological polar surface area (TPSA) is 97.0 Å². The summed E-state index contributed by atoms with van der Waals surface area (Å²) in [7, 11) is 1.53. The van der Waals surface area contributed by atoms with Crippen LogP contribution in [0.5, 0.6) is 5.75 Å². The van der Waals surface area contributed by atoms with E-state index in [0.717, 1.165) is 0 Å². The smallest absolute Gasteiger partial charge is 0.271 e. The van der Waals surface area contributed by atoms with Gasteiger partial charge in [-0.2, -0.15) is 5.10 Å². The minimum absolute atomic E-state index is 0.0580. The Morgan fingerprint density at radius 3 is 2.65 bits per heavy atom. The number of amides is 2. The largest absolute Gasteiger partial charge is 0.497 e. The van der Waals surface area contributed by atoms with Crippen molar-refractivity contribution in [1.29, 1.82) is 0 Å². The minimum Gasteiger partial charge on any atom is -0.497 e. The van der Waals surface area contributed by atoms with E-state index in [2.05, 4.69) is 10.4 Å². The van der Waals surface area contributed by atoms with Crippen LogP contribution in [0.15, 0.2) is 53.6 Å². The Bertz CT molecular complexity index is 867. The molecule has 134 valence electrons. The highest BCUT2D eigenvalue weighted by Crippen LogP contribution is 2.25. The average molecular weight is 356 g/mol. The first-order chi connectivity index (χ1) is 12.5. The van der Waals surface area contributed by atoms with Crippen molar-refractivity contribution in [3.05, 3.63) is 54.3 Å². The van der Waals surface area contributed by atoms with Crippen LogP contribution in [0.4, 0.5) is 15.8 Å². The van der Waals surface area contributed by atoms with Crippen molar-refractivity contribution < 1.29 is 18.7 Å². The van der Waals surface area contributed by atoms with Crippen LogP contribution in [-0.2, 0) is 9.59 Å². The lowest BCUT2D eigenvalue weighted by molar-refractivity contribution is -0.119. The molecule has 0 aromatic heterocycles. The molecule has 3 rings (SSSR count). The molecule has 0 saturated heterocycles. The predicted octanol–water partition coefficient (Wildman–Crippen LogP) is 1.89. The van der Waals surface area contributed by atoms with Gasteiger partial charge in [-0.05, 0) is 36.4 Å². The number of carbonyl (C=O) groups excluding carboxylic acids is 2. The Morgan fingerprint density at radius 1 is 1.27 bits per heavy atom. The highest BCUT2D eigenvalue weighted by atomic mass is 19.1. The number of nitrogens with one attached hydrogen (secondary N) is 1. The summed E-state index contributed by atoms with van der Waals surface area (Å²) < 4.78 is 18.2. The standard InChI is InChI=1S/C18H17FN4O3/c1-26-14-4-2-3-12(9-14)21-18(25)15-10-16(17(20)24)23(22-15)13-7-5-11(19)6-8-13/h2-9,16H,10H2,1H3,(H2,20,24)(H,21,25). The molecule has 1 aliphatic heterocycles. The van der Waals surface area contributed by atoms with Crippen LogP contribution in [0.3, 0.4) is 0 Å². The molecule has 0 spiro atoms. The van der Waals surface area contributed by atoms with Crippen molar-refractivity contribution in [2.24, 2.45) is 10.8 Å². The number of primary amides is 1. The van der Waals surface area contributed by atoms with Gasteiger partial charge >= 0.3 is 0 Å². The first-order valence-electron chi connectivity index (χ1n) is 7.85. The van der Waals surface area contributed by atoms with Gasteiger partial charge in [-0.25, -0.2) is 4.39 Å². The van der Waals surface area contributed by atoms with E-state index in [-0.39, 0.29) is 12.1 Å². The lowest BCUT2D eigenvalue weighted by atomic mass is 10.1. The van der Waals surface area contributed by atoms with Crippen LogP contribution >= 0.6 is 0 Å². The zero-order chi connectivity index (χ0) is 18.7. The van der Waals surface area contributed by atoms with Gasteiger partial charge in [0.15, 0.2) is 0 Å². The fourth-order valence-electron chi connectivity index (χ4n) is 2.60. The van der Waals surface area contributed by atoms with Crippen molar-refractivity contribution in [3.8, 4) is 5.75 Å². The molecule has 26 heavy (non-hydrogen) atoms. The van der Waals surface area contributed by atoms with Crippen LogP contribution in [0.1, 0.15) is 6.42 Å². The second-order valence-electron chi connectivity index (χ2n) is 5.68. The predicted molar refractivity (Wildman–Crippen MR) is 95.5 cm³/mol. The summed E-state index contributed by atoms with van der Waals surface area (Å²) in [5.41, 5.74) is 6.59. The zero-order valence-electron chi connectivity index (χ0n) is 14.0. The van der Waals surface area contributed by atoms with E-state index < -0.39 is 23.7 Å². The Hall–Kier alpha value is -3.42. The average Bonchev–Trinajstić information content (AvgIpc) is 3.08. The zero-order valence-corrected chi connectivity index (χ0v) is 14.0. The number of rotatable bonds is 5. The summed E-state index contributed by atoms with van der Waals surface area (Å²) in [5.74, 6) is -0.890.